The molecule has 0 aliphatic carbocycles. The van der Waals surface area contributed by atoms with Gasteiger partial charge in [0.05, 0.1) is 10.6 Å². The molecule has 3 aromatic rings. The lowest BCUT2D eigenvalue weighted by Crippen LogP contribution is -2.51. The smallest absolute Gasteiger partial charge is 0.264 e. The van der Waals surface area contributed by atoms with Crippen molar-refractivity contribution in [3.8, 4) is 0 Å². The van der Waals surface area contributed by atoms with Crippen LogP contribution in [0.5, 0.6) is 0 Å². The van der Waals surface area contributed by atoms with Gasteiger partial charge in [-0.25, -0.2) is 8.42 Å². The molecule has 2 amide bonds. The van der Waals surface area contributed by atoms with Gasteiger partial charge in [-0.2, -0.15) is 0 Å². The monoisotopic (exact) mass is 627 g/mol. The Balaban J connectivity index is 2.03. The number of aryl methyl sites for hydroxylation is 2. The lowest BCUT2D eigenvalue weighted by molar-refractivity contribution is -0.139. The van der Waals surface area contributed by atoms with Crippen molar-refractivity contribution in [1.82, 2.24) is 10.2 Å². The van der Waals surface area contributed by atoms with Gasteiger partial charge in [0.2, 0.25) is 11.8 Å². The summed E-state index contributed by atoms with van der Waals surface area (Å²) < 4.78 is 30.1. The van der Waals surface area contributed by atoms with Crippen molar-refractivity contribution in [1.29, 1.82) is 0 Å². The highest BCUT2D eigenvalue weighted by atomic mass is 79.9. The number of anilines is 1. The van der Waals surface area contributed by atoms with Crippen LogP contribution in [-0.4, -0.2) is 44.3 Å². The van der Waals surface area contributed by atoms with Gasteiger partial charge in [0.1, 0.15) is 12.6 Å². The first-order valence-electron chi connectivity index (χ1n) is 13.6. The molecular formula is C31H38BrN3O4S. The lowest BCUT2D eigenvalue weighted by Gasteiger charge is -2.32. The molecule has 40 heavy (non-hydrogen) atoms. The molecule has 1 N–H and O–H groups in total. The molecule has 0 aliphatic heterocycles. The van der Waals surface area contributed by atoms with Gasteiger partial charge in [0.15, 0.2) is 0 Å². The Morgan fingerprint density at radius 1 is 0.950 bits per heavy atom. The Morgan fingerprint density at radius 3 is 2.23 bits per heavy atom. The molecule has 0 unspecified atom stereocenters. The maximum Gasteiger partial charge on any atom is 0.264 e. The number of benzene rings is 3. The number of amides is 2. The summed E-state index contributed by atoms with van der Waals surface area (Å²) in [4.78, 5) is 28.7. The number of nitrogens with zero attached hydrogens (tertiary/aromatic N) is 2. The zero-order chi connectivity index (χ0) is 29.3. The lowest BCUT2D eigenvalue weighted by atomic mass is 10.1. The number of para-hydroxylation sites is 1. The van der Waals surface area contributed by atoms with E-state index >= 15 is 0 Å². The van der Waals surface area contributed by atoms with Crippen molar-refractivity contribution >= 4 is 43.5 Å². The minimum absolute atomic E-state index is 0.0987. The maximum atomic E-state index is 14.0. The molecule has 9 heteroatoms. The van der Waals surface area contributed by atoms with Crippen LogP contribution in [-0.2, 0) is 32.6 Å². The Bertz CT molecular complexity index is 1390. The van der Waals surface area contributed by atoms with Crippen molar-refractivity contribution in [3.63, 3.8) is 0 Å². The molecule has 3 aromatic carbocycles. The number of hydrogen-bond donors (Lipinski definition) is 1. The number of unbranched alkanes of at least 4 members (excludes halogenated alkanes) is 1. The molecule has 0 aromatic heterocycles. The summed E-state index contributed by atoms with van der Waals surface area (Å²) in [5, 5.41) is 2.91. The largest absolute Gasteiger partial charge is 0.354 e. The molecular weight excluding hydrogens is 590 g/mol. The summed E-state index contributed by atoms with van der Waals surface area (Å²) in [5.74, 6) is -0.747. The van der Waals surface area contributed by atoms with E-state index in [1.54, 1.807) is 43.3 Å². The van der Waals surface area contributed by atoms with E-state index in [9.17, 15) is 18.0 Å². The second-order valence-corrected chi connectivity index (χ2v) is 12.6. The quantitative estimate of drug-likeness (QED) is 0.241. The first-order valence-corrected chi connectivity index (χ1v) is 15.8. The van der Waals surface area contributed by atoms with Gasteiger partial charge in [-0.1, -0.05) is 84.2 Å². The molecule has 0 aliphatic rings. The van der Waals surface area contributed by atoms with E-state index in [2.05, 4.69) is 21.2 Å². The fraction of sp³-hybridized carbons (Fsp3) is 0.355. The van der Waals surface area contributed by atoms with E-state index in [0.717, 1.165) is 34.0 Å². The van der Waals surface area contributed by atoms with Crippen LogP contribution in [0.15, 0.2) is 82.2 Å². The highest BCUT2D eigenvalue weighted by Gasteiger charge is 2.33. The Morgan fingerprint density at radius 2 is 1.60 bits per heavy atom. The molecule has 0 radical (unpaired) electrons. The topological polar surface area (TPSA) is 86.8 Å². The van der Waals surface area contributed by atoms with Crippen molar-refractivity contribution in [3.05, 3.63) is 94.0 Å². The summed E-state index contributed by atoms with van der Waals surface area (Å²) >= 11 is 3.43. The van der Waals surface area contributed by atoms with Crippen LogP contribution in [0.2, 0.25) is 0 Å². The predicted octanol–water partition coefficient (Wildman–Crippen LogP) is 5.85. The number of sulfonamides is 1. The van der Waals surface area contributed by atoms with E-state index in [-0.39, 0.29) is 17.3 Å². The Labute approximate surface area is 246 Å². The van der Waals surface area contributed by atoms with Gasteiger partial charge < -0.3 is 10.2 Å². The fourth-order valence-corrected chi connectivity index (χ4v) is 6.03. The zero-order valence-corrected chi connectivity index (χ0v) is 26.0. The van der Waals surface area contributed by atoms with Crippen molar-refractivity contribution in [2.45, 2.75) is 64.4 Å². The second-order valence-electron chi connectivity index (χ2n) is 9.78. The van der Waals surface area contributed by atoms with Gasteiger partial charge >= 0.3 is 0 Å². The predicted molar refractivity (Wildman–Crippen MR) is 164 cm³/mol. The van der Waals surface area contributed by atoms with Crippen LogP contribution in [0.25, 0.3) is 0 Å². The number of rotatable bonds is 13. The molecule has 214 valence electrons. The summed E-state index contributed by atoms with van der Waals surface area (Å²) in [6.07, 6.45) is 2.34. The zero-order valence-electron chi connectivity index (χ0n) is 23.6. The fourth-order valence-electron chi connectivity index (χ4n) is 4.31. The van der Waals surface area contributed by atoms with E-state index in [4.69, 9.17) is 0 Å². The van der Waals surface area contributed by atoms with Crippen LogP contribution >= 0.6 is 15.9 Å². The van der Waals surface area contributed by atoms with Gasteiger partial charge in [-0.3, -0.25) is 13.9 Å². The van der Waals surface area contributed by atoms with Gasteiger partial charge in [-0.15, -0.1) is 0 Å². The number of halogens is 1. The summed E-state index contributed by atoms with van der Waals surface area (Å²) in [6, 6.07) is 20.5. The van der Waals surface area contributed by atoms with Crippen molar-refractivity contribution < 1.29 is 18.0 Å². The summed E-state index contributed by atoms with van der Waals surface area (Å²) in [5.41, 5.74) is 3.00. The Hall–Kier alpha value is -3.17. The van der Waals surface area contributed by atoms with E-state index in [1.165, 1.54) is 9.21 Å². The van der Waals surface area contributed by atoms with Crippen molar-refractivity contribution in [2.24, 2.45) is 0 Å². The molecule has 1 atom stereocenters. The highest BCUT2D eigenvalue weighted by molar-refractivity contribution is 9.10. The molecule has 0 bridgehead atoms. The third-order valence-electron chi connectivity index (χ3n) is 6.79. The SMILES string of the molecule is CCCCNC(=O)[C@H](C)N(Cc1ccc(Br)cc1)C(=O)CN(c1ccccc1CC)S(=O)(=O)c1ccc(C)cc1. The number of carbonyl (C=O) groups is 2. The summed E-state index contributed by atoms with van der Waals surface area (Å²) in [7, 11) is -4.09. The van der Waals surface area contributed by atoms with Gasteiger partial charge in [0, 0.05) is 17.6 Å². The van der Waals surface area contributed by atoms with Crippen molar-refractivity contribution in [2.75, 3.05) is 17.4 Å². The second kappa shape index (κ2) is 14.5. The third kappa shape index (κ3) is 7.95. The third-order valence-corrected chi connectivity index (χ3v) is 9.09. The van der Waals surface area contributed by atoms with Crippen LogP contribution in [0.3, 0.4) is 0 Å². The number of hydrogen-bond acceptors (Lipinski definition) is 4. The van der Waals surface area contributed by atoms with E-state index in [1.807, 2.05) is 57.2 Å². The van der Waals surface area contributed by atoms with Gasteiger partial charge in [0.25, 0.3) is 10.0 Å². The molecule has 0 saturated heterocycles. The van der Waals surface area contributed by atoms with E-state index < -0.39 is 28.5 Å². The molecule has 7 nitrogen and oxygen atoms in total. The summed E-state index contributed by atoms with van der Waals surface area (Å²) in [6.45, 7) is 7.76. The van der Waals surface area contributed by atoms with Crippen LogP contribution in [0.4, 0.5) is 5.69 Å². The first kappa shape index (κ1) is 31.4. The Kier molecular flexibility index (Phi) is 11.3. The maximum absolute atomic E-state index is 14.0. The molecule has 0 spiro atoms. The molecule has 0 fully saturated rings. The number of nitrogens with one attached hydrogen (secondary N) is 1. The van der Waals surface area contributed by atoms with Crippen LogP contribution in [0.1, 0.15) is 50.3 Å². The van der Waals surface area contributed by atoms with Gasteiger partial charge in [-0.05, 0) is 68.1 Å². The minimum atomic E-state index is -4.09. The highest BCUT2D eigenvalue weighted by Crippen LogP contribution is 2.28. The van der Waals surface area contributed by atoms with E-state index in [0.29, 0.717) is 18.7 Å². The standard InChI is InChI=1S/C31H38BrN3O4S/c1-5-7-20-33-31(37)24(4)34(21-25-14-16-27(32)17-15-25)30(36)22-35(29-11-9-8-10-26(29)6-2)40(38,39)28-18-12-23(3)13-19-28/h8-19,24H,5-7,20-22H2,1-4H3,(H,33,37)/t24-/m0/s1. The first-order chi connectivity index (χ1) is 19.1. The minimum Gasteiger partial charge on any atom is -0.354 e. The molecule has 0 heterocycles. The molecule has 3 rings (SSSR count). The number of carbonyl (C=O) groups excluding carboxylic acids is 2. The van der Waals surface area contributed by atoms with Crippen LogP contribution < -0.4 is 9.62 Å². The normalized spacial score (nSPS) is 12.0. The van der Waals surface area contributed by atoms with Crippen LogP contribution in [0, 0.1) is 6.92 Å². The average Bonchev–Trinajstić information content (AvgIpc) is 2.95. The molecule has 0 saturated carbocycles. The average molecular weight is 629 g/mol.